The van der Waals surface area contributed by atoms with Crippen molar-refractivity contribution in [2.45, 2.75) is 6.42 Å². The van der Waals surface area contributed by atoms with Crippen LogP contribution in [0.5, 0.6) is 5.75 Å². The van der Waals surface area contributed by atoms with Crippen LogP contribution in [0.15, 0.2) is 42.5 Å². The van der Waals surface area contributed by atoms with Gasteiger partial charge in [0, 0.05) is 12.2 Å². The first kappa shape index (κ1) is 18.3. The number of ether oxygens (including phenoxy) is 1. The van der Waals surface area contributed by atoms with Crippen LogP contribution in [0.25, 0.3) is 0 Å². The molecule has 0 aliphatic rings. The van der Waals surface area contributed by atoms with Gasteiger partial charge in [0.05, 0.1) is 19.2 Å². The number of nitrogens with two attached hydrogens (primary N) is 1. The lowest BCUT2D eigenvalue weighted by Crippen LogP contribution is -2.31. The molecule has 0 radical (unpaired) electrons. The molecular formula is C18H20FN3O3. The summed E-state index contributed by atoms with van der Waals surface area (Å²) in [4.78, 5) is 22.8. The van der Waals surface area contributed by atoms with Crippen LogP contribution in [0.2, 0.25) is 0 Å². The zero-order chi connectivity index (χ0) is 18.2. The normalized spacial score (nSPS) is 10.2. The maximum absolute atomic E-state index is 13.6. The van der Waals surface area contributed by atoms with Crippen LogP contribution in [-0.2, 0) is 11.2 Å². The molecule has 6 nitrogen and oxygen atoms in total. The Balaban J connectivity index is 1.75. The Labute approximate surface area is 145 Å². The fourth-order valence-electron chi connectivity index (χ4n) is 2.21. The molecule has 2 rings (SSSR count). The number of carbonyl (C=O) groups is 2. The molecule has 2 aromatic carbocycles. The molecule has 2 aromatic rings. The number of methoxy groups -OCH3 is 1. The maximum Gasteiger partial charge on any atom is 0.251 e. The van der Waals surface area contributed by atoms with E-state index in [0.29, 0.717) is 18.7 Å². The van der Waals surface area contributed by atoms with E-state index in [1.54, 1.807) is 7.11 Å². The first-order valence-electron chi connectivity index (χ1n) is 7.72. The number of halogens is 1. The number of amides is 2. The molecule has 0 aliphatic heterocycles. The van der Waals surface area contributed by atoms with E-state index in [2.05, 4.69) is 10.6 Å². The number of primary amides is 1. The van der Waals surface area contributed by atoms with Gasteiger partial charge < -0.3 is 21.1 Å². The van der Waals surface area contributed by atoms with Crippen molar-refractivity contribution in [3.8, 4) is 5.75 Å². The van der Waals surface area contributed by atoms with Crippen LogP contribution < -0.4 is 21.1 Å². The highest BCUT2D eigenvalue weighted by molar-refractivity contribution is 5.93. The van der Waals surface area contributed by atoms with E-state index in [1.165, 1.54) is 12.1 Å². The molecule has 0 atom stereocenters. The third-order valence-corrected chi connectivity index (χ3v) is 3.58. The molecule has 0 saturated heterocycles. The van der Waals surface area contributed by atoms with Gasteiger partial charge in [-0.05, 0) is 42.3 Å². The Morgan fingerprint density at radius 2 is 1.88 bits per heavy atom. The van der Waals surface area contributed by atoms with Gasteiger partial charge in [-0.15, -0.1) is 0 Å². The summed E-state index contributed by atoms with van der Waals surface area (Å²) in [5, 5.41) is 5.57. The first-order valence-corrected chi connectivity index (χ1v) is 7.72. The molecule has 0 fully saturated rings. The van der Waals surface area contributed by atoms with Crippen LogP contribution >= 0.6 is 0 Å². The SMILES string of the molecule is COc1ccc(CCNC(=O)CNc2ccc(C(N)=O)c(F)c2)cc1. The number of carbonyl (C=O) groups excluding carboxylic acids is 2. The summed E-state index contributed by atoms with van der Waals surface area (Å²) in [6, 6.07) is 11.5. The van der Waals surface area contributed by atoms with Gasteiger partial charge in [-0.3, -0.25) is 9.59 Å². The molecule has 7 heteroatoms. The van der Waals surface area contributed by atoms with Gasteiger partial charge in [0.1, 0.15) is 11.6 Å². The van der Waals surface area contributed by atoms with Gasteiger partial charge in [0.25, 0.3) is 5.91 Å². The standard InChI is InChI=1S/C18H20FN3O3/c1-25-14-5-2-12(3-6-14)8-9-21-17(23)11-22-13-4-7-15(18(20)24)16(19)10-13/h2-7,10,22H,8-9,11H2,1H3,(H2,20,24)(H,21,23). The van der Waals surface area contributed by atoms with E-state index < -0.39 is 11.7 Å². The number of hydrogen-bond acceptors (Lipinski definition) is 4. The molecule has 0 aromatic heterocycles. The highest BCUT2D eigenvalue weighted by Crippen LogP contribution is 2.14. The molecule has 2 amide bonds. The minimum atomic E-state index is -0.833. The second-order valence-corrected chi connectivity index (χ2v) is 5.36. The molecule has 132 valence electrons. The van der Waals surface area contributed by atoms with Gasteiger partial charge in [-0.2, -0.15) is 0 Å². The average Bonchev–Trinajstić information content (AvgIpc) is 2.60. The molecule has 0 saturated carbocycles. The van der Waals surface area contributed by atoms with E-state index >= 15 is 0 Å². The van der Waals surface area contributed by atoms with Crippen molar-refractivity contribution in [2.24, 2.45) is 5.73 Å². The smallest absolute Gasteiger partial charge is 0.251 e. The van der Waals surface area contributed by atoms with Crippen molar-refractivity contribution in [1.29, 1.82) is 0 Å². The Morgan fingerprint density at radius 1 is 1.16 bits per heavy atom. The van der Waals surface area contributed by atoms with Gasteiger partial charge in [-0.1, -0.05) is 12.1 Å². The van der Waals surface area contributed by atoms with Crippen molar-refractivity contribution >= 4 is 17.5 Å². The zero-order valence-corrected chi connectivity index (χ0v) is 13.8. The van der Waals surface area contributed by atoms with Crippen molar-refractivity contribution in [2.75, 3.05) is 25.5 Å². The van der Waals surface area contributed by atoms with Crippen molar-refractivity contribution in [3.05, 3.63) is 59.4 Å². The lowest BCUT2D eigenvalue weighted by Gasteiger charge is -2.09. The van der Waals surface area contributed by atoms with Gasteiger partial charge in [-0.25, -0.2) is 4.39 Å². The number of anilines is 1. The molecule has 0 heterocycles. The summed E-state index contributed by atoms with van der Waals surface area (Å²) in [6.45, 7) is 0.486. The third-order valence-electron chi connectivity index (χ3n) is 3.58. The predicted octanol–water partition coefficient (Wildman–Crippen LogP) is 1.70. The highest BCUT2D eigenvalue weighted by atomic mass is 19.1. The van der Waals surface area contributed by atoms with E-state index in [4.69, 9.17) is 10.5 Å². The lowest BCUT2D eigenvalue weighted by atomic mass is 10.1. The highest BCUT2D eigenvalue weighted by Gasteiger charge is 2.09. The summed E-state index contributed by atoms with van der Waals surface area (Å²) in [6.07, 6.45) is 0.692. The molecule has 0 spiro atoms. The van der Waals surface area contributed by atoms with E-state index in [0.717, 1.165) is 17.4 Å². The first-order chi connectivity index (χ1) is 12.0. The Hall–Kier alpha value is -3.09. The monoisotopic (exact) mass is 345 g/mol. The second-order valence-electron chi connectivity index (χ2n) is 5.36. The molecule has 4 N–H and O–H groups in total. The second kappa shape index (κ2) is 8.68. The summed E-state index contributed by atoms with van der Waals surface area (Å²) >= 11 is 0. The number of benzene rings is 2. The maximum atomic E-state index is 13.6. The summed E-state index contributed by atoms with van der Waals surface area (Å²) < 4.78 is 18.7. The minimum absolute atomic E-state index is 0.00201. The summed E-state index contributed by atoms with van der Waals surface area (Å²) in [5.41, 5.74) is 6.33. The quantitative estimate of drug-likeness (QED) is 0.679. The largest absolute Gasteiger partial charge is 0.497 e. The Kier molecular flexibility index (Phi) is 6.33. The summed E-state index contributed by atoms with van der Waals surface area (Å²) in [5.74, 6) is -0.989. The van der Waals surface area contributed by atoms with Crippen LogP contribution in [0, 0.1) is 5.82 Å². The summed E-state index contributed by atoms with van der Waals surface area (Å²) in [7, 11) is 1.61. The number of hydrogen-bond donors (Lipinski definition) is 3. The molecular weight excluding hydrogens is 325 g/mol. The van der Waals surface area contributed by atoms with Crippen LogP contribution in [0.1, 0.15) is 15.9 Å². The van der Waals surface area contributed by atoms with Crippen molar-refractivity contribution in [3.63, 3.8) is 0 Å². The molecule has 0 unspecified atom stereocenters. The van der Waals surface area contributed by atoms with E-state index in [9.17, 15) is 14.0 Å². The fraction of sp³-hybridized carbons (Fsp3) is 0.222. The van der Waals surface area contributed by atoms with E-state index in [-0.39, 0.29) is 18.0 Å². The number of rotatable bonds is 8. The molecule has 25 heavy (non-hydrogen) atoms. The minimum Gasteiger partial charge on any atom is -0.497 e. The van der Waals surface area contributed by atoms with Gasteiger partial charge >= 0.3 is 0 Å². The third kappa shape index (κ3) is 5.49. The predicted molar refractivity (Wildman–Crippen MR) is 93.1 cm³/mol. The Morgan fingerprint density at radius 3 is 2.48 bits per heavy atom. The Bertz CT molecular complexity index is 748. The van der Waals surface area contributed by atoms with Gasteiger partial charge in [0.15, 0.2) is 0 Å². The average molecular weight is 345 g/mol. The van der Waals surface area contributed by atoms with Gasteiger partial charge in [0.2, 0.25) is 5.91 Å². The fourth-order valence-corrected chi connectivity index (χ4v) is 2.21. The van der Waals surface area contributed by atoms with E-state index in [1.807, 2.05) is 24.3 Å². The van der Waals surface area contributed by atoms with Crippen molar-refractivity contribution < 1.29 is 18.7 Å². The molecule has 0 bridgehead atoms. The topological polar surface area (TPSA) is 93.4 Å². The number of nitrogens with one attached hydrogen (secondary N) is 2. The van der Waals surface area contributed by atoms with Crippen LogP contribution in [0.4, 0.5) is 10.1 Å². The zero-order valence-electron chi connectivity index (χ0n) is 13.8. The molecule has 0 aliphatic carbocycles. The van der Waals surface area contributed by atoms with Crippen LogP contribution in [-0.4, -0.2) is 32.0 Å². The van der Waals surface area contributed by atoms with Crippen molar-refractivity contribution in [1.82, 2.24) is 5.32 Å². The van der Waals surface area contributed by atoms with Crippen LogP contribution in [0.3, 0.4) is 0 Å². The lowest BCUT2D eigenvalue weighted by molar-refractivity contribution is -0.119.